The Morgan fingerprint density at radius 3 is 2.76 bits per heavy atom. The van der Waals surface area contributed by atoms with Crippen molar-refractivity contribution < 1.29 is 9.47 Å². The third-order valence-corrected chi connectivity index (χ3v) is 4.82. The minimum absolute atomic E-state index is 0.0169. The van der Waals surface area contributed by atoms with Crippen molar-refractivity contribution in [1.29, 1.82) is 5.26 Å². The van der Waals surface area contributed by atoms with Crippen LogP contribution >= 0.6 is 0 Å². The van der Waals surface area contributed by atoms with E-state index < -0.39 is 0 Å². The van der Waals surface area contributed by atoms with E-state index in [1.54, 1.807) is 0 Å². The van der Waals surface area contributed by atoms with Gasteiger partial charge in [0.05, 0.1) is 16.9 Å². The molecule has 0 N–H and O–H groups in total. The van der Waals surface area contributed by atoms with E-state index in [9.17, 15) is 5.26 Å². The molecule has 1 spiro atoms. The minimum atomic E-state index is -0.0169. The van der Waals surface area contributed by atoms with E-state index in [4.69, 9.17) is 9.47 Å². The maximum Gasteiger partial charge on any atom is 0.101 e. The van der Waals surface area contributed by atoms with E-state index >= 15 is 0 Å². The van der Waals surface area contributed by atoms with Gasteiger partial charge in [0.1, 0.15) is 6.07 Å². The van der Waals surface area contributed by atoms with Crippen LogP contribution in [0.5, 0.6) is 0 Å². The van der Waals surface area contributed by atoms with Gasteiger partial charge in [0.2, 0.25) is 0 Å². The highest BCUT2D eigenvalue weighted by Crippen LogP contribution is 2.37. The molecule has 21 heavy (non-hydrogen) atoms. The fourth-order valence-electron chi connectivity index (χ4n) is 3.50. The third-order valence-electron chi connectivity index (χ3n) is 4.82. The van der Waals surface area contributed by atoms with E-state index in [-0.39, 0.29) is 5.60 Å². The van der Waals surface area contributed by atoms with Crippen LogP contribution < -0.4 is 4.90 Å². The summed E-state index contributed by atoms with van der Waals surface area (Å²) < 4.78 is 11.6. The first kappa shape index (κ1) is 14.4. The summed E-state index contributed by atoms with van der Waals surface area (Å²) in [6.07, 6.45) is 4.00. The molecule has 0 amide bonds. The standard InChI is InChI=1S/C17H22N2O2/c1-19(16-5-3-2-4-14(16)13-18)15-6-9-21-17(12-15)7-10-20-11-8-17/h2-5,15H,6-12H2,1H3. The molecular formula is C17H22N2O2. The first-order valence-corrected chi connectivity index (χ1v) is 7.68. The first-order valence-electron chi connectivity index (χ1n) is 7.68. The lowest BCUT2D eigenvalue weighted by Crippen LogP contribution is -2.50. The molecule has 3 rings (SSSR count). The predicted octanol–water partition coefficient (Wildman–Crippen LogP) is 2.72. The zero-order valence-corrected chi connectivity index (χ0v) is 12.5. The van der Waals surface area contributed by atoms with Gasteiger partial charge in [-0.2, -0.15) is 5.26 Å². The van der Waals surface area contributed by atoms with Crippen molar-refractivity contribution in [3.63, 3.8) is 0 Å². The van der Waals surface area contributed by atoms with Crippen molar-refractivity contribution in [1.82, 2.24) is 0 Å². The Kier molecular flexibility index (Phi) is 4.14. The topological polar surface area (TPSA) is 45.5 Å². The van der Waals surface area contributed by atoms with Crippen molar-refractivity contribution in [2.75, 3.05) is 31.8 Å². The van der Waals surface area contributed by atoms with Crippen LogP contribution in [0.25, 0.3) is 0 Å². The number of para-hydroxylation sites is 1. The average Bonchev–Trinajstić information content (AvgIpc) is 2.55. The molecule has 2 fully saturated rings. The molecule has 1 aromatic rings. The number of benzene rings is 1. The predicted molar refractivity (Wildman–Crippen MR) is 81.3 cm³/mol. The van der Waals surface area contributed by atoms with Gasteiger partial charge in [0.25, 0.3) is 0 Å². The second kappa shape index (κ2) is 6.05. The largest absolute Gasteiger partial charge is 0.381 e. The highest BCUT2D eigenvalue weighted by atomic mass is 16.5. The van der Waals surface area contributed by atoms with Crippen LogP contribution in [0.2, 0.25) is 0 Å². The van der Waals surface area contributed by atoms with Crippen LogP contribution in [-0.2, 0) is 9.47 Å². The molecule has 0 aliphatic carbocycles. The summed E-state index contributed by atoms with van der Waals surface area (Å²) in [5.74, 6) is 0. The lowest BCUT2D eigenvalue weighted by atomic mass is 9.83. The maximum atomic E-state index is 9.29. The summed E-state index contributed by atoms with van der Waals surface area (Å²) in [5, 5.41) is 9.29. The van der Waals surface area contributed by atoms with E-state index in [0.717, 1.165) is 56.8 Å². The molecule has 0 bridgehead atoms. The lowest BCUT2D eigenvalue weighted by molar-refractivity contribution is -0.137. The molecule has 4 nitrogen and oxygen atoms in total. The summed E-state index contributed by atoms with van der Waals surface area (Å²) in [5.41, 5.74) is 1.75. The van der Waals surface area contributed by atoms with Gasteiger partial charge < -0.3 is 14.4 Å². The van der Waals surface area contributed by atoms with Crippen LogP contribution in [-0.4, -0.2) is 38.5 Å². The van der Waals surface area contributed by atoms with Gasteiger partial charge in [0, 0.05) is 32.9 Å². The van der Waals surface area contributed by atoms with Crippen LogP contribution in [0.15, 0.2) is 24.3 Å². The van der Waals surface area contributed by atoms with Crippen molar-refractivity contribution in [3.8, 4) is 6.07 Å². The minimum Gasteiger partial charge on any atom is -0.381 e. The molecule has 0 saturated carbocycles. The molecule has 2 aliphatic rings. The Bertz CT molecular complexity index is 526. The zero-order chi connectivity index (χ0) is 14.7. The van der Waals surface area contributed by atoms with Gasteiger partial charge in [-0.05, 0) is 37.8 Å². The fourth-order valence-corrected chi connectivity index (χ4v) is 3.50. The highest BCUT2D eigenvalue weighted by Gasteiger charge is 2.40. The molecular weight excluding hydrogens is 264 g/mol. The summed E-state index contributed by atoms with van der Waals surface area (Å²) in [4.78, 5) is 2.26. The molecule has 1 atom stereocenters. The van der Waals surface area contributed by atoms with Crippen LogP contribution in [0.3, 0.4) is 0 Å². The third kappa shape index (κ3) is 2.90. The Balaban J connectivity index is 1.78. The van der Waals surface area contributed by atoms with E-state index in [2.05, 4.69) is 18.0 Å². The number of nitrogens with zero attached hydrogens (tertiary/aromatic N) is 2. The Morgan fingerprint density at radius 1 is 1.24 bits per heavy atom. The molecule has 2 saturated heterocycles. The number of hydrogen-bond acceptors (Lipinski definition) is 4. The zero-order valence-electron chi connectivity index (χ0n) is 12.5. The van der Waals surface area contributed by atoms with Crippen molar-refractivity contribution in [3.05, 3.63) is 29.8 Å². The molecule has 4 heteroatoms. The molecule has 2 aliphatic heterocycles. The van der Waals surface area contributed by atoms with Crippen molar-refractivity contribution in [2.45, 2.75) is 37.3 Å². The van der Waals surface area contributed by atoms with Gasteiger partial charge in [0.15, 0.2) is 0 Å². The van der Waals surface area contributed by atoms with Gasteiger partial charge in [-0.25, -0.2) is 0 Å². The molecule has 112 valence electrons. The maximum absolute atomic E-state index is 9.29. The van der Waals surface area contributed by atoms with Gasteiger partial charge in [-0.15, -0.1) is 0 Å². The first-order chi connectivity index (χ1) is 10.2. The van der Waals surface area contributed by atoms with E-state index in [1.807, 2.05) is 24.3 Å². The summed E-state index contributed by atoms with van der Waals surface area (Å²) in [6, 6.07) is 10.5. The van der Waals surface area contributed by atoms with Gasteiger partial charge >= 0.3 is 0 Å². The fraction of sp³-hybridized carbons (Fsp3) is 0.588. The average molecular weight is 286 g/mol. The molecule has 0 aromatic heterocycles. The Hall–Kier alpha value is -1.57. The lowest BCUT2D eigenvalue weighted by Gasteiger charge is -2.46. The number of rotatable bonds is 2. The second-order valence-electron chi connectivity index (χ2n) is 6.03. The normalized spacial score (nSPS) is 24.5. The molecule has 1 aromatic carbocycles. The Morgan fingerprint density at radius 2 is 2.00 bits per heavy atom. The van der Waals surface area contributed by atoms with E-state index in [0.29, 0.717) is 6.04 Å². The molecule has 1 unspecified atom stereocenters. The number of anilines is 1. The van der Waals surface area contributed by atoms with Crippen molar-refractivity contribution in [2.24, 2.45) is 0 Å². The SMILES string of the molecule is CN(c1ccccc1C#N)C1CCOC2(CCOCC2)C1. The quantitative estimate of drug-likeness (QED) is 0.838. The van der Waals surface area contributed by atoms with Crippen LogP contribution in [0.4, 0.5) is 5.69 Å². The van der Waals surface area contributed by atoms with Crippen LogP contribution in [0.1, 0.15) is 31.2 Å². The van der Waals surface area contributed by atoms with Gasteiger partial charge in [-0.1, -0.05) is 12.1 Å². The summed E-state index contributed by atoms with van der Waals surface area (Å²) >= 11 is 0. The van der Waals surface area contributed by atoms with Gasteiger partial charge in [-0.3, -0.25) is 0 Å². The molecule has 2 heterocycles. The second-order valence-corrected chi connectivity index (χ2v) is 6.03. The van der Waals surface area contributed by atoms with Crippen molar-refractivity contribution >= 4 is 5.69 Å². The van der Waals surface area contributed by atoms with E-state index in [1.165, 1.54) is 0 Å². The summed E-state index contributed by atoms with van der Waals surface area (Å²) in [7, 11) is 2.10. The number of hydrogen-bond donors (Lipinski definition) is 0. The summed E-state index contributed by atoms with van der Waals surface area (Å²) in [6.45, 7) is 2.39. The number of ether oxygens (including phenoxy) is 2. The van der Waals surface area contributed by atoms with Crippen LogP contribution in [0, 0.1) is 11.3 Å². The number of nitriles is 1. The highest BCUT2D eigenvalue weighted by molar-refractivity contribution is 5.59. The Labute approximate surface area is 126 Å². The molecule has 0 radical (unpaired) electrons. The monoisotopic (exact) mass is 286 g/mol. The smallest absolute Gasteiger partial charge is 0.101 e.